The number of carbonyl (C=O) groups excluding carboxylic acids is 1. The van der Waals surface area contributed by atoms with Gasteiger partial charge in [-0.25, -0.2) is 19.2 Å². The van der Waals surface area contributed by atoms with E-state index in [0.29, 0.717) is 19.0 Å². The normalized spacial score (nSPS) is 22.3. The lowest BCUT2D eigenvalue weighted by Crippen LogP contribution is -2.55. The van der Waals surface area contributed by atoms with Gasteiger partial charge in [-0.15, -0.1) is 0 Å². The third-order valence-electron chi connectivity index (χ3n) is 5.46. The molecule has 0 bridgehead atoms. The van der Waals surface area contributed by atoms with Crippen LogP contribution in [0.2, 0.25) is 0 Å². The highest BCUT2D eigenvalue weighted by Gasteiger charge is 2.33. The van der Waals surface area contributed by atoms with Crippen molar-refractivity contribution in [3.05, 3.63) is 53.7 Å². The van der Waals surface area contributed by atoms with Gasteiger partial charge in [0.1, 0.15) is 17.5 Å². The van der Waals surface area contributed by atoms with Crippen molar-refractivity contribution in [2.24, 2.45) is 0 Å². The first kappa shape index (κ1) is 17.7. The van der Waals surface area contributed by atoms with Crippen LogP contribution in [0.1, 0.15) is 30.1 Å². The van der Waals surface area contributed by atoms with E-state index in [9.17, 15) is 9.18 Å². The number of benzene rings is 1. The van der Waals surface area contributed by atoms with Crippen LogP contribution in [0, 0.1) is 12.7 Å². The van der Waals surface area contributed by atoms with Crippen LogP contribution in [-0.2, 0) is 0 Å². The Morgan fingerprint density at radius 2 is 1.81 bits per heavy atom. The number of aromatic nitrogens is 2. The summed E-state index contributed by atoms with van der Waals surface area (Å²) in [4.78, 5) is 25.1. The lowest BCUT2D eigenvalue weighted by Gasteiger charge is -2.40. The molecule has 1 aliphatic carbocycles. The average molecular weight is 369 g/mol. The summed E-state index contributed by atoms with van der Waals surface area (Å²) in [5.41, 5.74) is 1.15. The maximum Gasteiger partial charge on any atom is 0.317 e. The van der Waals surface area contributed by atoms with Crippen LogP contribution in [0.5, 0.6) is 0 Å². The number of amides is 2. The molecule has 0 atom stereocenters. The van der Waals surface area contributed by atoms with E-state index in [0.717, 1.165) is 43.1 Å². The van der Waals surface area contributed by atoms with Gasteiger partial charge in [-0.3, -0.25) is 0 Å². The van der Waals surface area contributed by atoms with Crippen molar-refractivity contribution in [3.63, 3.8) is 0 Å². The van der Waals surface area contributed by atoms with Crippen molar-refractivity contribution in [2.75, 3.05) is 31.1 Å². The van der Waals surface area contributed by atoms with Crippen LogP contribution in [0.3, 0.4) is 0 Å². The van der Waals surface area contributed by atoms with E-state index in [1.807, 2.05) is 30.0 Å². The monoisotopic (exact) mass is 369 g/mol. The zero-order valence-corrected chi connectivity index (χ0v) is 15.4. The number of hydrogen-bond acceptors (Lipinski definition) is 4. The third-order valence-corrected chi connectivity index (χ3v) is 5.46. The van der Waals surface area contributed by atoms with Crippen LogP contribution >= 0.6 is 0 Å². The maximum absolute atomic E-state index is 13.0. The molecular weight excluding hydrogens is 345 g/mol. The van der Waals surface area contributed by atoms with Crippen molar-refractivity contribution in [3.8, 4) is 0 Å². The average Bonchev–Trinajstić information content (AvgIpc) is 2.65. The Morgan fingerprint density at radius 3 is 2.48 bits per heavy atom. The fraction of sp³-hybridized carbons (Fsp3) is 0.450. The van der Waals surface area contributed by atoms with Crippen LogP contribution in [0.15, 0.2) is 36.5 Å². The minimum atomic E-state index is -0.209. The Labute approximate surface area is 158 Å². The number of nitrogens with zero attached hydrogens (tertiary/aromatic N) is 4. The van der Waals surface area contributed by atoms with Gasteiger partial charge in [-0.1, -0.05) is 12.1 Å². The summed E-state index contributed by atoms with van der Waals surface area (Å²) in [7, 11) is 0. The van der Waals surface area contributed by atoms with Crippen molar-refractivity contribution in [1.29, 1.82) is 0 Å². The number of urea groups is 1. The molecular formula is C20H24FN5O. The Balaban J connectivity index is 1.23. The van der Waals surface area contributed by atoms with Gasteiger partial charge in [0, 0.05) is 38.4 Å². The largest absolute Gasteiger partial charge is 0.353 e. The SMILES string of the molecule is Cc1nccc(N2CCN(C(=O)NC3CC(c4ccc(F)cc4)C3)CC2)n1. The molecule has 0 unspecified atom stereocenters. The summed E-state index contributed by atoms with van der Waals surface area (Å²) in [6.07, 6.45) is 3.60. The van der Waals surface area contributed by atoms with E-state index in [2.05, 4.69) is 20.2 Å². The lowest BCUT2D eigenvalue weighted by atomic mass is 9.76. The molecule has 2 aromatic rings. The lowest BCUT2D eigenvalue weighted by molar-refractivity contribution is 0.179. The standard InChI is InChI=1S/C20H24FN5O/c1-14-22-7-6-19(23-14)25-8-10-26(11-9-25)20(27)24-18-12-16(13-18)15-2-4-17(21)5-3-15/h2-7,16,18H,8-13H2,1H3,(H,24,27). The molecule has 0 spiro atoms. The molecule has 6 nitrogen and oxygen atoms in total. The quantitative estimate of drug-likeness (QED) is 0.904. The number of piperazine rings is 1. The summed E-state index contributed by atoms with van der Waals surface area (Å²) in [5.74, 6) is 1.88. The predicted octanol–water partition coefficient (Wildman–Crippen LogP) is 2.70. The zero-order valence-electron chi connectivity index (χ0n) is 15.4. The summed E-state index contributed by atoms with van der Waals surface area (Å²) >= 11 is 0. The second-order valence-corrected chi connectivity index (χ2v) is 7.30. The highest BCUT2D eigenvalue weighted by atomic mass is 19.1. The van der Waals surface area contributed by atoms with E-state index in [4.69, 9.17) is 0 Å². The Morgan fingerprint density at radius 1 is 1.11 bits per heavy atom. The second-order valence-electron chi connectivity index (χ2n) is 7.30. The minimum absolute atomic E-state index is 0.0103. The highest BCUT2D eigenvalue weighted by Crippen LogP contribution is 2.36. The van der Waals surface area contributed by atoms with Crippen LogP contribution in [-0.4, -0.2) is 53.1 Å². The first-order valence-corrected chi connectivity index (χ1v) is 9.44. The van der Waals surface area contributed by atoms with Crippen LogP contribution < -0.4 is 10.2 Å². The van der Waals surface area contributed by atoms with E-state index >= 15 is 0 Å². The fourth-order valence-corrected chi connectivity index (χ4v) is 3.77. The van der Waals surface area contributed by atoms with E-state index < -0.39 is 0 Å². The molecule has 27 heavy (non-hydrogen) atoms. The molecule has 142 valence electrons. The molecule has 1 aliphatic heterocycles. The molecule has 2 fully saturated rings. The number of rotatable bonds is 3. The Kier molecular flexibility index (Phi) is 4.92. The number of anilines is 1. The highest BCUT2D eigenvalue weighted by molar-refractivity contribution is 5.75. The van der Waals surface area contributed by atoms with E-state index in [-0.39, 0.29) is 17.9 Å². The van der Waals surface area contributed by atoms with Gasteiger partial charge >= 0.3 is 6.03 Å². The number of halogens is 1. The summed E-state index contributed by atoms with van der Waals surface area (Å²) < 4.78 is 13.0. The number of hydrogen-bond donors (Lipinski definition) is 1. The summed E-state index contributed by atoms with van der Waals surface area (Å²) in [6.45, 7) is 4.79. The second kappa shape index (κ2) is 7.50. The van der Waals surface area contributed by atoms with Crippen molar-refractivity contribution < 1.29 is 9.18 Å². The van der Waals surface area contributed by atoms with Gasteiger partial charge in [0.05, 0.1) is 0 Å². The first-order valence-electron chi connectivity index (χ1n) is 9.44. The minimum Gasteiger partial charge on any atom is -0.353 e. The van der Waals surface area contributed by atoms with Crippen molar-refractivity contribution >= 4 is 11.8 Å². The third kappa shape index (κ3) is 4.02. The molecule has 2 heterocycles. The van der Waals surface area contributed by atoms with E-state index in [1.54, 1.807) is 6.20 Å². The van der Waals surface area contributed by atoms with Gasteiger partial charge in [0.15, 0.2) is 0 Å². The molecule has 1 saturated heterocycles. The molecule has 7 heteroatoms. The van der Waals surface area contributed by atoms with Crippen LogP contribution in [0.25, 0.3) is 0 Å². The Bertz CT molecular complexity index is 798. The summed E-state index contributed by atoms with van der Waals surface area (Å²) in [6, 6.07) is 8.80. The first-order chi connectivity index (χ1) is 13.1. The van der Waals surface area contributed by atoms with E-state index in [1.165, 1.54) is 12.1 Å². The zero-order chi connectivity index (χ0) is 18.8. The molecule has 1 N–H and O–H groups in total. The number of nitrogens with one attached hydrogen (secondary N) is 1. The van der Waals surface area contributed by atoms with Crippen molar-refractivity contribution in [1.82, 2.24) is 20.2 Å². The fourth-order valence-electron chi connectivity index (χ4n) is 3.77. The molecule has 1 aromatic heterocycles. The van der Waals surface area contributed by atoms with Gasteiger partial charge in [-0.2, -0.15) is 0 Å². The van der Waals surface area contributed by atoms with Crippen molar-refractivity contribution in [2.45, 2.75) is 31.7 Å². The maximum atomic E-state index is 13.0. The van der Waals surface area contributed by atoms with Gasteiger partial charge < -0.3 is 15.1 Å². The van der Waals surface area contributed by atoms with Crippen LogP contribution in [0.4, 0.5) is 15.0 Å². The smallest absolute Gasteiger partial charge is 0.317 e. The van der Waals surface area contributed by atoms with Gasteiger partial charge in [-0.05, 0) is 49.4 Å². The topological polar surface area (TPSA) is 61.4 Å². The molecule has 2 amide bonds. The number of carbonyl (C=O) groups is 1. The predicted molar refractivity (Wildman–Crippen MR) is 101 cm³/mol. The molecule has 1 saturated carbocycles. The number of aryl methyl sites for hydroxylation is 1. The van der Waals surface area contributed by atoms with Gasteiger partial charge in [0.25, 0.3) is 0 Å². The molecule has 0 radical (unpaired) electrons. The summed E-state index contributed by atoms with van der Waals surface area (Å²) in [5, 5.41) is 3.13. The Hall–Kier alpha value is -2.70. The van der Waals surface area contributed by atoms with Gasteiger partial charge in [0.2, 0.25) is 0 Å². The molecule has 1 aromatic carbocycles. The molecule has 4 rings (SSSR count). The molecule has 2 aliphatic rings.